The minimum atomic E-state index is -0.406. The Labute approximate surface area is 189 Å². The summed E-state index contributed by atoms with van der Waals surface area (Å²) in [4.78, 5) is 31.4. The second-order valence-corrected chi connectivity index (χ2v) is 8.85. The van der Waals surface area contributed by atoms with Crippen LogP contribution in [0.1, 0.15) is 18.4 Å². The number of carbonyl (C=O) groups is 2. The topological polar surface area (TPSA) is 88.3 Å². The summed E-state index contributed by atoms with van der Waals surface area (Å²) >= 11 is 1.82. The molecule has 166 valence electrons. The maximum Gasteiger partial charge on any atom is 0.244 e. The van der Waals surface area contributed by atoms with Gasteiger partial charge in [-0.2, -0.15) is 16.7 Å². The highest BCUT2D eigenvalue weighted by Gasteiger charge is 2.29. The van der Waals surface area contributed by atoms with Crippen molar-refractivity contribution in [1.29, 1.82) is 0 Å². The van der Waals surface area contributed by atoms with Crippen molar-refractivity contribution in [3.8, 4) is 11.4 Å². The van der Waals surface area contributed by atoms with Gasteiger partial charge in [-0.25, -0.2) is 4.39 Å². The van der Waals surface area contributed by atoms with Crippen LogP contribution in [0, 0.1) is 18.7 Å². The Kier molecular flexibility index (Phi) is 6.84. The average Bonchev–Trinajstić information content (AvgIpc) is 3.35. The van der Waals surface area contributed by atoms with Gasteiger partial charge in [0.2, 0.25) is 24.0 Å². The van der Waals surface area contributed by atoms with Crippen molar-refractivity contribution < 1.29 is 18.5 Å². The van der Waals surface area contributed by atoms with Gasteiger partial charge < -0.3 is 14.7 Å². The highest BCUT2D eigenvalue weighted by molar-refractivity contribution is 7.99. The van der Waals surface area contributed by atoms with E-state index < -0.39 is 5.82 Å². The smallest absolute Gasteiger partial charge is 0.244 e. The largest absolute Gasteiger partial charge is 0.342 e. The number of aromatic nitrogens is 2. The molecule has 2 heterocycles. The number of carbonyl (C=O) groups excluding carboxylic acids is 2. The molecule has 32 heavy (non-hydrogen) atoms. The van der Waals surface area contributed by atoms with Crippen LogP contribution in [0.3, 0.4) is 0 Å². The van der Waals surface area contributed by atoms with E-state index in [0.29, 0.717) is 22.8 Å². The summed E-state index contributed by atoms with van der Waals surface area (Å²) in [5, 5.41) is 6.58. The lowest BCUT2D eigenvalue weighted by molar-refractivity contribution is -0.124. The molecule has 0 spiro atoms. The molecule has 9 heteroatoms. The first-order valence-corrected chi connectivity index (χ1v) is 11.5. The van der Waals surface area contributed by atoms with Gasteiger partial charge in [-0.1, -0.05) is 11.2 Å². The van der Waals surface area contributed by atoms with E-state index in [1.54, 1.807) is 43.3 Å². The van der Waals surface area contributed by atoms with Crippen LogP contribution < -0.4 is 10.2 Å². The number of rotatable bonds is 6. The third-order valence-corrected chi connectivity index (χ3v) is 6.44. The quantitative estimate of drug-likeness (QED) is 0.598. The fraction of sp³-hybridized carbons (Fsp3) is 0.304. The molecule has 0 bridgehead atoms. The third kappa shape index (κ3) is 5.16. The lowest BCUT2D eigenvalue weighted by Gasteiger charge is -2.29. The van der Waals surface area contributed by atoms with E-state index >= 15 is 0 Å². The molecule has 4 rings (SSSR count). The molecule has 0 atom stereocenters. The summed E-state index contributed by atoms with van der Waals surface area (Å²) in [7, 11) is 0. The van der Waals surface area contributed by atoms with Gasteiger partial charge in [0, 0.05) is 22.9 Å². The summed E-state index contributed by atoms with van der Waals surface area (Å²) in [6, 6.07) is 11.6. The molecule has 1 aliphatic heterocycles. The van der Waals surface area contributed by atoms with E-state index in [9.17, 15) is 14.0 Å². The van der Waals surface area contributed by atoms with Gasteiger partial charge in [-0.05, 0) is 73.2 Å². The molecule has 0 aliphatic carbocycles. The fourth-order valence-electron chi connectivity index (χ4n) is 3.56. The number of halogens is 1. The monoisotopic (exact) mass is 454 g/mol. The maximum atomic E-state index is 14.2. The Morgan fingerprint density at radius 2 is 1.94 bits per heavy atom. The summed E-state index contributed by atoms with van der Waals surface area (Å²) in [6.45, 7) is 1.46. The van der Waals surface area contributed by atoms with Crippen LogP contribution >= 0.6 is 11.8 Å². The number of nitrogens with one attached hydrogen (secondary N) is 1. The molecular weight excluding hydrogens is 431 g/mol. The van der Waals surface area contributed by atoms with Crippen LogP contribution in [0.4, 0.5) is 15.8 Å². The number of hydrogen-bond acceptors (Lipinski definition) is 6. The summed E-state index contributed by atoms with van der Waals surface area (Å²) in [5.74, 6) is 1.19. The molecule has 7 nitrogen and oxygen atoms in total. The number of nitrogens with zero attached hydrogens (tertiary/aromatic N) is 3. The highest BCUT2D eigenvalue weighted by Crippen LogP contribution is 2.28. The van der Waals surface area contributed by atoms with Gasteiger partial charge in [0.1, 0.15) is 12.4 Å². The predicted octanol–water partition coefficient (Wildman–Crippen LogP) is 4.30. The third-order valence-electron chi connectivity index (χ3n) is 5.39. The van der Waals surface area contributed by atoms with Crippen LogP contribution in [0.25, 0.3) is 11.4 Å². The molecule has 0 unspecified atom stereocenters. The second kappa shape index (κ2) is 9.95. The molecule has 1 N–H and O–H groups in total. The predicted molar refractivity (Wildman–Crippen MR) is 122 cm³/mol. The van der Waals surface area contributed by atoms with Crippen LogP contribution in [-0.4, -0.2) is 40.0 Å². The summed E-state index contributed by atoms with van der Waals surface area (Å²) < 4.78 is 19.0. The first kappa shape index (κ1) is 22.0. The van der Waals surface area contributed by atoms with Gasteiger partial charge in [-0.3, -0.25) is 9.59 Å². The maximum absolute atomic E-state index is 14.2. The molecule has 1 saturated heterocycles. The SMILES string of the molecule is Cc1ccc(N(CC(=O)Nc2ccc(-c3ncon3)cc2)C(=O)C2CCSCC2)cc1F. The molecule has 0 saturated carbocycles. The van der Waals surface area contributed by atoms with E-state index in [0.717, 1.165) is 29.9 Å². The van der Waals surface area contributed by atoms with Crippen molar-refractivity contribution in [2.24, 2.45) is 5.92 Å². The van der Waals surface area contributed by atoms with Crippen LogP contribution in [0.5, 0.6) is 0 Å². The molecule has 2 amide bonds. The molecule has 2 aromatic carbocycles. The Balaban J connectivity index is 1.50. The number of thioether (sulfide) groups is 1. The molecule has 0 radical (unpaired) electrons. The average molecular weight is 455 g/mol. The Hall–Kier alpha value is -3.20. The zero-order valence-corrected chi connectivity index (χ0v) is 18.4. The van der Waals surface area contributed by atoms with Gasteiger partial charge in [-0.15, -0.1) is 0 Å². The molecular formula is C23H23FN4O3S. The van der Waals surface area contributed by atoms with Crippen LogP contribution in [-0.2, 0) is 9.59 Å². The fourth-order valence-corrected chi connectivity index (χ4v) is 4.66. The van der Waals surface area contributed by atoms with E-state index in [1.165, 1.54) is 17.4 Å². The number of anilines is 2. The zero-order valence-electron chi connectivity index (χ0n) is 17.6. The van der Waals surface area contributed by atoms with Crippen molar-refractivity contribution in [1.82, 2.24) is 10.1 Å². The van der Waals surface area contributed by atoms with Gasteiger partial charge >= 0.3 is 0 Å². The van der Waals surface area contributed by atoms with Gasteiger partial charge in [0.15, 0.2) is 0 Å². The van der Waals surface area contributed by atoms with Crippen LogP contribution in [0.2, 0.25) is 0 Å². The minimum absolute atomic E-state index is 0.142. The molecule has 1 aliphatic rings. The van der Waals surface area contributed by atoms with E-state index in [-0.39, 0.29) is 24.3 Å². The van der Waals surface area contributed by atoms with E-state index in [2.05, 4.69) is 15.5 Å². The first-order valence-electron chi connectivity index (χ1n) is 10.3. The van der Waals surface area contributed by atoms with E-state index in [4.69, 9.17) is 4.52 Å². The molecule has 3 aromatic rings. The van der Waals surface area contributed by atoms with Crippen molar-refractivity contribution in [3.05, 3.63) is 60.2 Å². The Morgan fingerprint density at radius 1 is 1.19 bits per heavy atom. The zero-order chi connectivity index (χ0) is 22.5. The van der Waals surface area contributed by atoms with Gasteiger partial charge in [0.25, 0.3) is 0 Å². The highest BCUT2D eigenvalue weighted by atomic mass is 32.2. The lowest BCUT2D eigenvalue weighted by Crippen LogP contribution is -2.42. The first-order chi connectivity index (χ1) is 15.5. The number of benzene rings is 2. The standard InChI is InChI=1S/C23H23FN4O3S/c1-15-2-7-19(12-20(15)24)28(23(30)17-8-10-32-11-9-17)13-21(29)26-18-5-3-16(4-6-18)22-25-14-31-27-22/h2-7,12,14,17H,8-11,13H2,1H3,(H,26,29). The Bertz CT molecular complexity index is 1080. The minimum Gasteiger partial charge on any atom is -0.342 e. The lowest BCUT2D eigenvalue weighted by atomic mass is 10.0. The molecule has 1 aromatic heterocycles. The number of aryl methyl sites for hydroxylation is 1. The number of amides is 2. The number of hydrogen-bond donors (Lipinski definition) is 1. The van der Waals surface area contributed by atoms with Gasteiger partial charge in [0.05, 0.1) is 0 Å². The van der Waals surface area contributed by atoms with Crippen molar-refractivity contribution in [2.45, 2.75) is 19.8 Å². The van der Waals surface area contributed by atoms with Crippen molar-refractivity contribution >= 4 is 35.0 Å². The summed E-state index contributed by atoms with van der Waals surface area (Å²) in [6.07, 6.45) is 2.76. The van der Waals surface area contributed by atoms with Crippen LogP contribution in [0.15, 0.2) is 53.4 Å². The van der Waals surface area contributed by atoms with Crippen molar-refractivity contribution in [3.63, 3.8) is 0 Å². The second-order valence-electron chi connectivity index (χ2n) is 7.62. The van der Waals surface area contributed by atoms with E-state index in [1.807, 2.05) is 11.8 Å². The van der Waals surface area contributed by atoms with Crippen molar-refractivity contribution in [2.75, 3.05) is 28.3 Å². The molecule has 1 fully saturated rings. The summed E-state index contributed by atoms with van der Waals surface area (Å²) in [5.41, 5.74) is 2.19. The Morgan fingerprint density at radius 3 is 2.59 bits per heavy atom. The normalized spacial score (nSPS) is 14.2.